The van der Waals surface area contributed by atoms with Crippen molar-refractivity contribution in [2.24, 2.45) is 5.92 Å². The first-order valence-corrected chi connectivity index (χ1v) is 7.37. The Labute approximate surface area is 124 Å². The highest BCUT2D eigenvalue weighted by Gasteiger charge is 2.21. The zero-order valence-electron chi connectivity index (χ0n) is 12.2. The second-order valence-electron chi connectivity index (χ2n) is 5.41. The van der Waals surface area contributed by atoms with Gasteiger partial charge in [-0.15, -0.1) is 0 Å². The molecule has 2 aromatic rings. The fourth-order valence-electron chi connectivity index (χ4n) is 2.64. The van der Waals surface area contributed by atoms with Gasteiger partial charge in [0.2, 0.25) is 11.9 Å². The van der Waals surface area contributed by atoms with Crippen molar-refractivity contribution in [2.75, 3.05) is 29.9 Å². The van der Waals surface area contributed by atoms with Crippen molar-refractivity contribution < 1.29 is 0 Å². The highest BCUT2D eigenvalue weighted by molar-refractivity contribution is 5.30. The lowest BCUT2D eigenvalue weighted by atomic mass is 9.98. The van der Waals surface area contributed by atoms with Crippen LogP contribution in [0.2, 0.25) is 0 Å². The third-order valence-corrected chi connectivity index (χ3v) is 3.70. The van der Waals surface area contributed by atoms with E-state index >= 15 is 0 Å². The summed E-state index contributed by atoms with van der Waals surface area (Å²) in [5, 5.41) is 3.34. The molecular formula is C15H20N6. The summed E-state index contributed by atoms with van der Waals surface area (Å²) in [5.74, 6) is 2.10. The number of hydrogen-bond acceptors (Lipinski definition) is 6. The molecule has 0 aromatic carbocycles. The Bertz CT molecular complexity index is 573. The molecule has 0 amide bonds. The average Bonchev–Trinajstić information content (AvgIpc) is 2.54. The van der Waals surface area contributed by atoms with Crippen LogP contribution in [0.15, 0.2) is 30.7 Å². The van der Waals surface area contributed by atoms with Crippen molar-refractivity contribution in [1.82, 2.24) is 19.9 Å². The fraction of sp³-hybridized carbons (Fsp3) is 0.467. The highest BCUT2D eigenvalue weighted by Crippen LogP contribution is 2.20. The predicted molar refractivity (Wildman–Crippen MR) is 82.2 cm³/mol. The van der Waals surface area contributed by atoms with Crippen molar-refractivity contribution in [1.29, 1.82) is 0 Å². The van der Waals surface area contributed by atoms with Crippen LogP contribution >= 0.6 is 0 Å². The lowest BCUT2D eigenvalue weighted by Crippen LogP contribution is -2.39. The van der Waals surface area contributed by atoms with Gasteiger partial charge in [0, 0.05) is 43.9 Å². The molecule has 6 heteroatoms. The number of anilines is 2. The first kappa shape index (κ1) is 13.7. The van der Waals surface area contributed by atoms with Crippen molar-refractivity contribution in [3.63, 3.8) is 0 Å². The van der Waals surface area contributed by atoms with Crippen LogP contribution in [0.1, 0.15) is 18.5 Å². The van der Waals surface area contributed by atoms with E-state index in [0.29, 0.717) is 11.9 Å². The van der Waals surface area contributed by atoms with E-state index in [1.807, 2.05) is 19.1 Å². The van der Waals surface area contributed by atoms with E-state index in [1.54, 1.807) is 18.6 Å². The lowest BCUT2D eigenvalue weighted by Gasteiger charge is -2.32. The third kappa shape index (κ3) is 3.65. The van der Waals surface area contributed by atoms with Gasteiger partial charge in [-0.2, -0.15) is 0 Å². The van der Waals surface area contributed by atoms with Gasteiger partial charge in [0.25, 0.3) is 0 Å². The lowest BCUT2D eigenvalue weighted by molar-refractivity contribution is 0.427. The Morgan fingerprint density at radius 2 is 2.10 bits per heavy atom. The quantitative estimate of drug-likeness (QED) is 0.925. The predicted octanol–water partition coefficient (Wildman–Crippen LogP) is 1.90. The van der Waals surface area contributed by atoms with Crippen LogP contribution in [0.5, 0.6) is 0 Å². The topological polar surface area (TPSA) is 66.8 Å². The fourth-order valence-corrected chi connectivity index (χ4v) is 2.64. The van der Waals surface area contributed by atoms with Gasteiger partial charge in [0.1, 0.15) is 0 Å². The van der Waals surface area contributed by atoms with Crippen LogP contribution in [-0.2, 0) is 0 Å². The summed E-state index contributed by atoms with van der Waals surface area (Å²) in [5.41, 5.74) is 0.982. The summed E-state index contributed by atoms with van der Waals surface area (Å²) < 4.78 is 0. The Morgan fingerprint density at radius 3 is 2.90 bits per heavy atom. The van der Waals surface area contributed by atoms with Gasteiger partial charge in [0.15, 0.2) is 0 Å². The van der Waals surface area contributed by atoms with Gasteiger partial charge in [0.05, 0.1) is 0 Å². The van der Waals surface area contributed by atoms with Gasteiger partial charge in [-0.25, -0.2) is 19.9 Å². The van der Waals surface area contributed by atoms with Crippen LogP contribution < -0.4 is 10.2 Å². The molecule has 0 spiro atoms. The van der Waals surface area contributed by atoms with E-state index in [4.69, 9.17) is 0 Å². The molecule has 110 valence electrons. The third-order valence-electron chi connectivity index (χ3n) is 3.70. The SMILES string of the molecule is Cc1ccnc(NCC2CCCN(c3ncccn3)C2)n1. The van der Waals surface area contributed by atoms with E-state index in [2.05, 4.69) is 30.2 Å². The Morgan fingerprint density at radius 1 is 1.24 bits per heavy atom. The molecule has 1 aliphatic rings. The summed E-state index contributed by atoms with van der Waals surface area (Å²) in [4.78, 5) is 19.5. The maximum atomic E-state index is 4.37. The minimum atomic E-state index is 0.562. The standard InChI is InChI=1S/C15H20N6/c1-12-5-8-16-14(20-12)19-10-13-4-2-9-21(11-13)15-17-6-3-7-18-15/h3,5-8,13H,2,4,9-11H2,1H3,(H,16,19,20). The van der Waals surface area contributed by atoms with Crippen molar-refractivity contribution >= 4 is 11.9 Å². The minimum absolute atomic E-state index is 0.562. The summed E-state index contributed by atoms with van der Waals surface area (Å²) in [7, 11) is 0. The van der Waals surface area contributed by atoms with Crippen LogP contribution in [-0.4, -0.2) is 39.6 Å². The molecule has 21 heavy (non-hydrogen) atoms. The number of nitrogens with one attached hydrogen (secondary N) is 1. The van der Waals surface area contributed by atoms with E-state index in [0.717, 1.165) is 31.3 Å². The summed E-state index contributed by atoms with van der Waals surface area (Å²) in [6.07, 6.45) is 7.76. The minimum Gasteiger partial charge on any atom is -0.354 e. The maximum Gasteiger partial charge on any atom is 0.225 e. The van der Waals surface area contributed by atoms with E-state index < -0.39 is 0 Å². The van der Waals surface area contributed by atoms with Gasteiger partial charge < -0.3 is 10.2 Å². The molecule has 1 unspecified atom stereocenters. The molecule has 1 fully saturated rings. The number of nitrogens with zero attached hydrogens (tertiary/aromatic N) is 5. The number of hydrogen-bond donors (Lipinski definition) is 1. The Hall–Kier alpha value is -2.24. The van der Waals surface area contributed by atoms with Crippen molar-refractivity contribution in [2.45, 2.75) is 19.8 Å². The molecule has 0 aliphatic carbocycles. The van der Waals surface area contributed by atoms with Crippen LogP contribution in [0.3, 0.4) is 0 Å². The average molecular weight is 284 g/mol. The molecule has 1 aliphatic heterocycles. The second-order valence-corrected chi connectivity index (χ2v) is 5.41. The first-order chi connectivity index (χ1) is 10.3. The highest BCUT2D eigenvalue weighted by atomic mass is 15.3. The molecule has 0 radical (unpaired) electrons. The Balaban J connectivity index is 1.57. The van der Waals surface area contributed by atoms with Crippen molar-refractivity contribution in [3.05, 3.63) is 36.4 Å². The van der Waals surface area contributed by atoms with Crippen LogP contribution in [0, 0.1) is 12.8 Å². The normalized spacial score (nSPS) is 18.5. The summed E-state index contributed by atoms with van der Waals surface area (Å²) in [6, 6.07) is 3.75. The second kappa shape index (κ2) is 6.47. The monoisotopic (exact) mass is 284 g/mol. The maximum absolute atomic E-state index is 4.37. The molecule has 1 atom stereocenters. The zero-order valence-corrected chi connectivity index (χ0v) is 12.2. The molecule has 0 saturated carbocycles. The molecule has 3 rings (SSSR count). The molecule has 6 nitrogen and oxygen atoms in total. The largest absolute Gasteiger partial charge is 0.354 e. The van der Waals surface area contributed by atoms with E-state index in [9.17, 15) is 0 Å². The van der Waals surface area contributed by atoms with Gasteiger partial charge in [-0.1, -0.05) is 0 Å². The number of rotatable bonds is 4. The van der Waals surface area contributed by atoms with Crippen LogP contribution in [0.25, 0.3) is 0 Å². The van der Waals surface area contributed by atoms with Gasteiger partial charge in [-0.05, 0) is 37.8 Å². The molecule has 3 heterocycles. The molecular weight excluding hydrogens is 264 g/mol. The molecule has 2 aromatic heterocycles. The van der Waals surface area contributed by atoms with Gasteiger partial charge >= 0.3 is 0 Å². The molecule has 0 bridgehead atoms. The van der Waals surface area contributed by atoms with Gasteiger partial charge in [-0.3, -0.25) is 0 Å². The molecule has 1 N–H and O–H groups in total. The van der Waals surface area contributed by atoms with Crippen LogP contribution in [0.4, 0.5) is 11.9 Å². The number of aromatic nitrogens is 4. The smallest absolute Gasteiger partial charge is 0.225 e. The summed E-state index contributed by atoms with van der Waals surface area (Å²) >= 11 is 0. The molecule has 1 saturated heterocycles. The van der Waals surface area contributed by atoms with E-state index in [1.165, 1.54) is 12.8 Å². The zero-order chi connectivity index (χ0) is 14.5. The number of aryl methyl sites for hydroxylation is 1. The number of piperidine rings is 1. The van der Waals surface area contributed by atoms with E-state index in [-0.39, 0.29) is 0 Å². The summed E-state index contributed by atoms with van der Waals surface area (Å²) in [6.45, 7) is 4.86. The Kier molecular flexibility index (Phi) is 4.23. The van der Waals surface area contributed by atoms with Crippen molar-refractivity contribution in [3.8, 4) is 0 Å². The first-order valence-electron chi connectivity index (χ1n) is 7.37.